The molecule has 0 aliphatic carbocycles. The van der Waals surface area contributed by atoms with Crippen molar-refractivity contribution in [3.05, 3.63) is 200 Å². The molecule has 0 saturated carbocycles. The van der Waals surface area contributed by atoms with Crippen LogP contribution in [0.4, 0.5) is 0 Å². The van der Waals surface area contributed by atoms with Crippen LogP contribution in [0.1, 0.15) is 31.5 Å². The second-order valence-corrected chi connectivity index (χ2v) is 12.3. The van der Waals surface area contributed by atoms with Crippen molar-refractivity contribution in [1.29, 1.82) is 0 Å². The zero-order valence-corrected chi connectivity index (χ0v) is 28.5. The molecule has 8 aromatic carbocycles. The van der Waals surface area contributed by atoms with Gasteiger partial charge < -0.3 is 4.57 Å². The molecule has 11 aromatic rings. The number of benzene rings is 8. The van der Waals surface area contributed by atoms with E-state index in [1.165, 1.54) is 0 Å². The highest BCUT2D eigenvalue weighted by Crippen LogP contribution is 2.38. The van der Waals surface area contributed by atoms with Crippen LogP contribution in [-0.4, -0.2) is 24.1 Å². The van der Waals surface area contributed by atoms with Crippen LogP contribution in [0.15, 0.2) is 200 Å². The van der Waals surface area contributed by atoms with Crippen molar-refractivity contribution < 1.29 is 31.5 Å². The maximum Gasteiger partial charge on any atom is 0.238 e. The normalized spacial score (nSPS) is 17.3. The first kappa shape index (κ1) is 16.4. The molecule has 0 radical (unpaired) electrons. The van der Waals surface area contributed by atoms with Crippen molar-refractivity contribution in [3.63, 3.8) is 0 Å². The lowest BCUT2D eigenvalue weighted by atomic mass is 10.0. The van der Waals surface area contributed by atoms with Crippen molar-refractivity contribution in [3.8, 4) is 56.7 Å². The van der Waals surface area contributed by atoms with Crippen LogP contribution in [0.3, 0.4) is 0 Å². The number of para-hydroxylation sites is 4. The number of hydrogen-bond donors (Lipinski definition) is 0. The van der Waals surface area contributed by atoms with Gasteiger partial charge in [-0.3, -0.25) is 4.57 Å². The molecule has 0 N–H and O–H groups in total. The van der Waals surface area contributed by atoms with Gasteiger partial charge in [0, 0.05) is 32.7 Å². The molecule has 11 rings (SSSR count). The molecular weight excluding hydrogens is 683 g/mol. The molecule has 0 spiro atoms. The van der Waals surface area contributed by atoms with Crippen LogP contribution in [0.2, 0.25) is 0 Å². The Morgan fingerprint density at radius 2 is 0.946 bits per heavy atom. The average Bonchev–Trinajstić information content (AvgIpc) is 4.03. The Morgan fingerprint density at radius 3 is 1.75 bits per heavy atom. The van der Waals surface area contributed by atoms with E-state index in [2.05, 4.69) is 0 Å². The smallest absolute Gasteiger partial charge is 0.238 e. The molecule has 0 aliphatic heterocycles. The van der Waals surface area contributed by atoms with Gasteiger partial charge in [-0.1, -0.05) is 157 Å². The third-order valence-corrected chi connectivity index (χ3v) is 9.18. The van der Waals surface area contributed by atoms with E-state index in [4.69, 9.17) is 34.1 Å². The zero-order chi connectivity index (χ0) is 57.0. The van der Waals surface area contributed by atoms with Gasteiger partial charge in [-0.25, -0.2) is 4.98 Å². The van der Waals surface area contributed by atoms with Gasteiger partial charge in [-0.05, 0) is 64.6 Å². The van der Waals surface area contributed by atoms with Crippen LogP contribution in [-0.2, 0) is 0 Å². The minimum absolute atomic E-state index is 0.229. The second-order valence-electron chi connectivity index (χ2n) is 12.3. The van der Waals surface area contributed by atoms with Crippen LogP contribution in [0, 0.1) is 0 Å². The van der Waals surface area contributed by atoms with E-state index in [-0.39, 0.29) is 33.2 Å². The highest BCUT2D eigenvalue weighted by Gasteiger charge is 2.21. The Labute approximate surface area is 355 Å². The number of fused-ring (bicyclic) bond motifs is 6. The predicted octanol–water partition coefficient (Wildman–Crippen LogP) is 12.7. The molecule has 0 amide bonds. The van der Waals surface area contributed by atoms with Gasteiger partial charge in [0.1, 0.15) is 0 Å². The Hall–Kier alpha value is -7.63. The third kappa shape index (κ3) is 5.21. The maximum absolute atomic E-state index is 9.70. The molecule has 5 nitrogen and oxygen atoms in total. The lowest BCUT2D eigenvalue weighted by molar-refractivity contribution is 0.951. The van der Waals surface area contributed by atoms with Crippen LogP contribution in [0.5, 0.6) is 0 Å². The topological polar surface area (TPSA) is 48.5 Å². The summed E-state index contributed by atoms with van der Waals surface area (Å²) >= 11 is 0. The predicted molar refractivity (Wildman–Crippen MR) is 230 cm³/mol. The SMILES string of the molecule is [2H]c1cc([2H])c2c(c1[2H])c1c([2H])c([2H])c([2H])c([2H])c1n2-c1nc(-c2ccc(-c3ccccc3)cc2)nc(-c2c([2H])c([2H])c([2H])c([2H])c2-n2c3c([2H])c([2H])c([2H])c([2H])c3c3c([2H])c(-c4c([2H])c([2H])c([2H])c([2H])c4[2H])c([2H])c([2H])c32)n1. The minimum atomic E-state index is -0.939. The summed E-state index contributed by atoms with van der Waals surface area (Å²) < 4.78 is 209. The van der Waals surface area contributed by atoms with Crippen molar-refractivity contribution in [2.24, 2.45) is 0 Å². The summed E-state index contributed by atoms with van der Waals surface area (Å²) in [6, 6.07) is -1.28. The van der Waals surface area contributed by atoms with Gasteiger partial charge in [0.2, 0.25) is 5.95 Å². The van der Waals surface area contributed by atoms with E-state index in [9.17, 15) is 12.3 Å². The first-order chi connectivity index (χ1) is 37.3. The largest absolute Gasteiger partial charge is 0.309 e. The number of aromatic nitrogens is 5. The summed E-state index contributed by atoms with van der Waals surface area (Å²) in [4.78, 5) is 14.3. The van der Waals surface area contributed by atoms with Crippen molar-refractivity contribution in [2.45, 2.75) is 0 Å². The molecule has 5 heteroatoms. The number of nitrogens with zero attached hydrogens (tertiary/aromatic N) is 5. The number of rotatable bonds is 6. The highest BCUT2D eigenvalue weighted by molar-refractivity contribution is 6.11. The summed E-state index contributed by atoms with van der Waals surface area (Å²) in [6.07, 6.45) is 0. The van der Waals surface area contributed by atoms with Crippen LogP contribution in [0.25, 0.3) is 100 Å². The molecule has 3 aromatic heterocycles. The molecule has 0 saturated heterocycles. The van der Waals surface area contributed by atoms with E-state index in [0.29, 0.717) is 0 Å². The van der Waals surface area contributed by atoms with Crippen molar-refractivity contribution in [1.82, 2.24) is 24.1 Å². The Bertz CT molecular complexity index is 4550. The molecular formula is C51H33N5. The van der Waals surface area contributed by atoms with Gasteiger partial charge in [0.15, 0.2) is 11.6 Å². The van der Waals surface area contributed by atoms with E-state index in [1.807, 2.05) is 30.3 Å². The highest BCUT2D eigenvalue weighted by atomic mass is 15.2. The fourth-order valence-electron chi connectivity index (χ4n) is 6.69. The lowest BCUT2D eigenvalue weighted by Crippen LogP contribution is -2.07. The third-order valence-electron chi connectivity index (χ3n) is 9.18. The van der Waals surface area contributed by atoms with Crippen LogP contribution >= 0.6 is 0 Å². The first-order valence-electron chi connectivity index (χ1n) is 28.5. The molecule has 0 fully saturated rings. The lowest BCUT2D eigenvalue weighted by Gasteiger charge is -2.15. The van der Waals surface area contributed by atoms with Gasteiger partial charge in [0.05, 0.1) is 59.3 Å². The fraction of sp³-hybridized carbons (Fsp3) is 0. The number of hydrogen-bond acceptors (Lipinski definition) is 3. The fourth-order valence-corrected chi connectivity index (χ4v) is 6.69. The van der Waals surface area contributed by atoms with Crippen LogP contribution < -0.4 is 0 Å². The van der Waals surface area contributed by atoms with Gasteiger partial charge in [-0.2, -0.15) is 9.97 Å². The Kier molecular flexibility index (Phi) is 3.82. The first-order valence-corrected chi connectivity index (χ1v) is 17.0. The van der Waals surface area contributed by atoms with E-state index >= 15 is 0 Å². The molecule has 3 heterocycles. The summed E-state index contributed by atoms with van der Waals surface area (Å²) in [6.45, 7) is 0. The summed E-state index contributed by atoms with van der Waals surface area (Å²) in [7, 11) is 0. The summed E-state index contributed by atoms with van der Waals surface area (Å²) in [5, 5.41) is -1.60. The van der Waals surface area contributed by atoms with Crippen molar-refractivity contribution >= 4 is 43.6 Å². The second kappa shape index (κ2) is 13.0. The molecule has 0 unspecified atom stereocenters. The standard InChI is InChI=1S/C51H33N5/c1-3-15-34(16-4-1)36-27-29-37(30-28-36)49-52-50(54-51(53-49)56-45-24-12-7-19-39(45)40-20-8-13-25-46(40)56)42-22-10-14-26-47(42)55-44-23-11-9-21-41(44)43-33-38(31-32-48(43)55)35-17-5-2-6-18-35/h1-33H/i2D,5D,6D,7D,8D,9D,10D,11D,12D,14D,17D,18D,19D,20D,21D,22D,23D,24D,25D,26D,31D,32D,33D. The van der Waals surface area contributed by atoms with Crippen molar-refractivity contribution in [2.75, 3.05) is 0 Å². The summed E-state index contributed by atoms with van der Waals surface area (Å²) in [5.74, 6) is -1.44. The van der Waals surface area contributed by atoms with E-state index in [0.717, 1.165) is 26.3 Å². The van der Waals surface area contributed by atoms with Gasteiger partial charge >= 0.3 is 0 Å². The van der Waals surface area contributed by atoms with Gasteiger partial charge in [0.25, 0.3) is 0 Å². The summed E-state index contributed by atoms with van der Waals surface area (Å²) in [5.41, 5.74) is -2.76. The minimum Gasteiger partial charge on any atom is -0.309 e. The molecule has 0 aliphatic rings. The molecule has 56 heavy (non-hydrogen) atoms. The Balaban J connectivity index is 1.34. The molecule has 262 valence electrons. The van der Waals surface area contributed by atoms with Gasteiger partial charge in [-0.15, -0.1) is 0 Å². The monoisotopic (exact) mass is 738 g/mol. The zero-order valence-electron chi connectivity index (χ0n) is 51.5. The quantitative estimate of drug-likeness (QED) is 0.171. The molecule has 0 bridgehead atoms. The Morgan fingerprint density at radius 1 is 0.357 bits per heavy atom. The average molecular weight is 739 g/mol. The molecule has 0 atom stereocenters. The van der Waals surface area contributed by atoms with E-state index < -0.39 is 195 Å². The maximum atomic E-state index is 9.70. The van der Waals surface area contributed by atoms with E-state index in [1.54, 1.807) is 24.3 Å².